The Morgan fingerprint density at radius 3 is 1.77 bits per heavy atom. The van der Waals surface area contributed by atoms with Gasteiger partial charge < -0.3 is 0 Å². The minimum absolute atomic E-state index is 0.303. The normalized spacial score (nSPS) is 10.9. The highest BCUT2D eigenvalue weighted by Gasteiger charge is 2.23. The van der Waals surface area contributed by atoms with Crippen molar-refractivity contribution in [3.8, 4) is 0 Å². The minimum atomic E-state index is -1.45. The molecule has 110 valence electrons. The number of benzene rings is 2. The van der Waals surface area contributed by atoms with Crippen LogP contribution in [-0.2, 0) is 0 Å². The first-order chi connectivity index (χ1) is 10.7. The van der Waals surface area contributed by atoms with E-state index in [1.165, 1.54) is 12.1 Å². The van der Waals surface area contributed by atoms with Crippen LogP contribution in [0.25, 0.3) is 0 Å². The SMILES string of the molecule is Fc1ccccc1P(c1cccc(Cl)n1)c1ccccc1F. The summed E-state index contributed by atoms with van der Waals surface area (Å²) in [6.45, 7) is 0. The third-order valence-electron chi connectivity index (χ3n) is 3.12. The molecule has 3 aromatic rings. The van der Waals surface area contributed by atoms with Gasteiger partial charge in [0.15, 0.2) is 0 Å². The minimum Gasteiger partial charge on any atom is -0.236 e. The van der Waals surface area contributed by atoms with Crippen LogP contribution in [0.4, 0.5) is 8.78 Å². The molecule has 0 radical (unpaired) electrons. The molecule has 22 heavy (non-hydrogen) atoms. The Bertz CT molecular complexity index is 764. The Balaban J connectivity index is 2.24. The van der Waals surface area contributed by atoms with Gasteiger partial charge in [-0.2, -0.15) is 0 Å². The molecule has 0 spiro atoms. The molecule has 0 saturated carbocycles. The fraction of sp³-hybridized carbons (Fsp3) is 0. The van der Waals surface area contributed by atoms with E-state index >= 15 is 0 Å². The predicted molar refractivity (Wildman–Crippen MR) is 87.9 cm³/mol. The molecular weight excluding hydrogens is 323 g/mol. The van der Waals surface area contributed by atoms with Crippen molar-refractivity contribution < 1.29 is 8.78 Å². The third-order valence-corrected chi connectivity index (χ3v) is 5.72. The van der Waals surface area contributed by atoms with Crippen molar-refractivity contribution in [2.24, 2.45) is 0 Å². The van der Waals surface area contributed by atoms with Crippen molar-refractivity contribution in [3.63, 3.8) is 0 Å². The molecule has 0 aliphatic carbocycles. The maximum Gasteiger partial charge on any atom is 0.131 e. The maximum atomic E-state index is 14.3. The highest BCUT2D eigenvalue weighted by Crippen LogP contribution is 2.34. The van der Waals surface area contributed by atoms with Crippen LogP contribution in [0, 0.1) is 11.6 Å². The molecule has 1 aromatic heterocycles. The fourth-order valence-electron chi connectivity index (χ4n) is 2.16. The number of rotatable bonds is 3. The highest BCUT2D eigenvalue weighted by molar-refractivity contribution is 7.79. The topological polar surface area (TPSA) is 12.9 Å². The largest absolute Gasteiger partial charge is 0.236 e. The molecule has 0 amide bonds. The van der Waals surface area contributed by atoms with E-state index in [0.29, 0.717) is 21.2 Å². The van der Waals surface area contributed by atoms with E-state index in [2.05, 4.69) is 4.98 Å². The summed E-state index contributed by atoms with van der Waals surface area (Å²) in [5.41, 5.74) is 0.567. The lowest BCUT2D eigenvalue weighted by Gasteiger charge is -2.19. The van der Waals surface area contributed by atoms with Crippen molar-refractivity contribution in [2.75, 3.05) is 0 Å². The Hall–Kier alpha value is -1.83. The summed E-state index contributed by atoms with van der Waals surface area (Å²) in [6.07, 6.45) is 0. The zero-order valence-electron chi connectivity index (χ0n) is 11.4. The molecule has 2 aromatic carbocycles. The number of hydrogen-bond acceptors (Lipinski definition) is 1. The molecule has 1 nitrogen and oxygen atoms in total. The number of hydrogen-bond donors (Lipinski definition) is 0. The lowest BCUT2D eigenvalue weighted by atomic mass is 10.3. The molecule has 3 rings (SSSR count). The van der Waals surface area contributed by atoms with Crippen molar-refractivity contribution in [1.82, 2.24) is 4.98 Å². The van der Waals surface area contributed by atoms with Gasteiger partial charge in [-0.05, 0) is 24.3 Å². The van der Waals surface area contributed by atoms with Crippen molar-refractivity contribution in [2.45, 2.75) is 0 Å². The second kappa shape index (κ2) is 6.51. The van der Waals surface area contributed by atoms with Crippen LogP contribution in [0.15, 0.2) is 66.7 Å². The van der Waals surface area contributed by atoms with E-state index in [9.17, 15) is 8.78 Å². The van der Waals surface area contributed by atoms with Crippen LogP contribution < -0.4 is 16.0 Å². The quantitative estimate of drug-likeness (QED) is 0.525. The number of halogens is 3. The average Bonchev–Trinajstić information content (AvgIpc) is 2.51. The molecule has 1 heterocycles. The van der Waals surface area contributed by atoms with Crippen LogP contribution in [0.5, 0.6) is 0 Å². The van der Waals surface area contributed by atoms with Crippen molar-refractivity contribution in [1.29, 1.82) is 0 Å². The first-order valence-corrected chi connectivity index (χ1v) is 8.30. The molecule has 0 atom stereocenters. The highest BCUT2D eigenvalue weighted by atomic mass is 35.5. The van der Waals surface area contributed by atoms with Gasteiger partial charge in [0.1, 0.15) is 16.8 Å². The van der Waals surface area contributed by atoms with E-state index in [4.69, 9.17) is 11.6 Å². The van der Waals surface area contributed by atoms with Gasteiger partial charge in [-0.3, -0.25) is 0 Å². The van der Waals surface area contributed by atoms with Gasteiger partial charge in [-0.1, -0.05) is 54.1 Å². The van der Waals surface area contributed by atoms with E-state index in [1.54, 1.807) is 54.6 Å². The smallest absolute Gasteiger partial charge is 0.131 e. The molecule has 0 aliphatic heterocycles. The lowest BCUT2D eigenvalue weighted by Crippen LogP contribution is -2.26. The van der Waals surface area contributed by atoms with Crippen LogP contribution in [0.1, 0.15) is 0 Å². The first kappa shape index (κ1) is 15.1. The molecule has 0 unspecified atom stereocenters. The molecule has 0 aliphatic rings. The molecular formula is C17H11ClF2NP. The van der Waals surface area contributed by atoms with Gasteiger partial charge in [-0.25, -0.2) is 13.8 Å². The fourth-order valence-corrected chi connectivity index (χ4v) is 4.63. The average molecular weight is 334 g/mol. The van der Waals surface area contributed by atoms with Gasteiger partial charge in [-0.15, -0.1) is 0 Å². The second-order valence-electron chi connectivity index (χ2n) is 4.56. The second-order valence-corrected chi connectivity index (χ2v) is 7.04. The van der Waals surface area contributed by atoms with Gasteiger partial charge in [0, 0.05) is 18.5 Å². The van der Waals surface area contributed by atoms with Crippen LogP contribution in [0.3, 0.4) is 0 Å². The maximum absolute atomic E-state index is 14.3. The lowest BCUT2D eigenvalue weighted by molar-refractivity contribution is 0.634. The Labute approximate surface area is 133 Å². The summed E-state index contributed by atoms with van der Waals surface area (Å²) in [4.78, 5) is 4.27. The zero-order valence-corrected chi connectivity index (χ0v) is 13.0. The summed E-state index contributed by atoms with van der Waals surface area (Å²) in [6, 6.07) is 17.9. The van der Waals surface area contributed by atoms with Crippen molar-refractivity contribution in [3.05, 3.63) is 83.5 Å². The van der Waals surface area contributed by atoms with E-state index < -0.39 is 7.92 Å². The third kappa shape index (κ3) is 3.01. The van der Waals surface area contributed by atoms with Crippen LogP contribution >= 0.6 is 19.5 Å². The molecule has 0 bridgehead atoms. The van der Waals surface area contributed by atoms with Gasteiger partial charge >= 0.3 is 0 Å². The van der Waals surface area contributed by atoms with E-state index in [-0.39, 0.29) is 11.6 Å². The predicted octanol–water partition coefficient (Wildman–Crippen LogP) is 3.77. The summed E-state index contributed by atoms with van der Waals surface area (Å²) in [5.74, 6) is -0.753. The van der Waals surface area contributed by atoms with Gasteiger partial charge in [0.2, 0.25) is 0 Å². The summed E-state index contributed by atoms with van der Waals surface area (Å²) >= 11 is 5.96. The summed E-state index contributed by atoms with van der Waals surface area (Å²) in [7, 11) is -1.45. The van der Waals surface area contributed by atoms with E-state index in [0.717, 1.165) is 0 Å². The van der Waals surface area contributed by atoms with E-state index in [1.807, 2.05) is 0 Å². The van der Waals surface area contributed by atoms with Gasteiger partial charge in [0.05, 0.1) is 5.44 Å². The van der Waals surface area contributed by atoms with Gasteiger partial charge in [0.25, 0.3) is 0 Å². The first-order valence-electron chi connectivity index (χ1n) is 6.58. The Morgan fingerprint density at radius 2 is 1.27 bits per heavy atom. The molecule has 0 saturated heterocycles. The summed E-state index contributed by atoms with van der Waals surface area (Å²) in [5, 5.41) is 1.16. The van der Waals surface area contributed by atoms with Crippen LogP contribution in [0.2, 0.25) is 5.15 Å². The Kier molecular flexibility index (Phi) is 4.47. The monoisotopic (exact) mass is 333 g/mol. The number of pyridine rings is 1. The zero-order chi connectivity index (χ0) is 15.5. The summed E-state index contributed by atoms with van der Waals surface area (Å²) < 4.78 is 28.6. The molecule has 0 N–H and O–H groups in total. The number of aromatic nitrogens is 1. The number of nitrogens with zero attached hydrogens (tertiary/aromatic N) is 1. The van der Waals surface area contributed by atoms with Crippen molar-refractivity contribution >= 4 is 35.6 Å². The van der Waals surface area contributed by atoms with Crippen LogP contribution in [-0.4, -0.2) is 4.98 Å². The Morgan fingerprint density at radius 1 is 0.727 bits per heavy atom. The molecule has 0 fully saturated rings. The standard InChI is InChI=1S/C17H11ClF2NP/c18-16-10-5-11-17(21-16)22(14-8-3-1-6-12(14)19)15-9-4-2-7-13(15)20/h1-11H. The molecule has 5 heteroatoms.